The number of nitrogens with zero attached hydrogens (tertiary/aromatic N) is 6. The Morgan fingerprint density at radius 2 is 1.81 bits per heavy atom. The van der Waals surface area contributed by atoms with E-state index in [1.54, 1.807) is 31.2 Å². The van der Waals surface area contributed by atoms with Crippen molar-refractivity contribution in [2.75, 3.05) is 66.2 Å². The van der Waals surface area contributed by atoms with Crippen LogP contribution in [0.25, 0.3) is 6.08 Å². The van der Waals surface area contributed by atoms with Crippen LogP contribution in [-0.2, 0) is 40.6 Å². The topological polar surface area (TPSA) is 141 Å². The standard InChI is InChI=1S/C37H41F3N6O7S/c1-26(54-30-21-51-35(52-22-30)6-4-3-5-28-8-7-27(19-41)17-32(28)39)37(23-46-25-42-24-43-46,31-10-9-29(38)18-33(31)40)53-36(48)50-16-15-49-34(47)20-45-13-11-44(2)12-14-45/h3-10,17-18,24-26,30,35H,11-16,20-23H2,1-2H3/b5-3+,6-4+/t26-,30-,35-,37-/m1/s1. The largest absolute Gasteiger partial charge is 0.509 e. The Hall–Kier alpha value is -4.73. The van der Waals surface area contributed by atoms with Crippen LogP contribution in [0.1, 0.15) is 23.6 Å². The normalized spacial score (nSPS) is 20.0. The molecule has 0 bridgehead atoms. The van der Waals surface area contributed by atoms with E-state index in [2.05, 4.69) is 15.0 Å². The van der Waals surface area contributed by atoms with Gasteiger partial charge in [0.15, 0.2) is 11.9 Å². The Bertz CT molecular complexity index is 1810. The van der Waals surface area contributed by atoms with Crippen molar-refractivity contribution in [2.45, 2.75) is 35.9 Å². The van der Waals surface area contributed by atoms with E-state index in [0.717, 1.165) is 38.3 Å². The number of carbonyl (C=O) groups excluding carboxylic acids is 2. The molecule has 2 aliphatic rings. The number of piperazine rings is 1. The smallest absolute Gasteiger partial charge is 0.461 e. The molecular weight excluding hydrogens is 730 g/mol. The Balaban J connectivity index is 1.22. The second-order valence-electron chi connectivity index (χ2n) is 12.6. The van der Waals surface area contributed by atoms with E-state index in [4.69, 9.17) is 28.9 Å². The maximum absolute atomic E-state index is 15.6. The molecule has 5 rings (SSSR count). The molecule has 288 valence electrons. The van der Waals surface area contributed by atoms with Gasteiger partial charge in [0.2, 0.25) is 0 Å². The van der Waals surface area contributed by atoms with Gasteiger partial charge < -0.3 is 28.6 Å². The first-order valence-electron chi connectivity index (χ1n) is 17.2. The molecule has 3 aromatic rings. The number of hydrogen-bond acceptors (Lipinski definition) is 13. The average molecular weight is 771 g/mol. The van der Waals surface area contributed by atoms with Crippen LogP contribution in [0.2, 0.25) is 0 Å². The summed E-state index contributed by atoms with van der Waals surface area (Å²) in [5.74, 6) is -2.76. The lowest BCUT2D eigenvalue weighted by Gasteiger charge is -2.40. The zero-order valence-electron chi connectivity index (χ0n) is 29.8. The van der Waals surface area contributed by atoms with Crippen LogP contribution in [0.4, 0.5) is 18.0 Å². The second kappa shape index (κ2) is 19.6. The van der Waals surface area contributed by atoms with Crippen molar-refractivity contribution in [1.82, 2.24) is 24.6 Å². The summed E-state index contributed by atoms with van der Waals surface area (Å²) in [6.45, 7) is 4.62. The molecule has 2 atom stereocenters. The third-order valence-electron chi connectivity index (χ3n) is 8.76. The van der Waals surface area contributed by atoms with Gasteiger partial charge >= 0.3 is 12.1 Å². The van der Waals surface area contributed by atoms with Gasteiger partial charge in [0.1, 0.15) is 43.3 Å². The van der Waals surface area contributed by atoms with Crippen LogP contribution >= 0.6 is 11.8 Å². The van der Waals surface area contributed by atoms with Crippen molar-refractivity contribution in [3.63, 3.8) is 0 Å². The Labute approximate surface area is 315 Å². The fourth-order valence-corrected chi connectivity index (χ4v) is 7.18. The molecule has 3 heterocycles. The minimum absolute atomic E-state index is 0.113. The first kappa shape index (κ1) is 40.5. The van der Waals surface area contributed by atoms with Crippen LogP contribution < -0.4 is 0 Å². The van der Waals surface area contributed by atoms with Gasteiger partial charge in [-0.2, -0.15) is 10.4 Å². The highest BCUT2D eigenvalue weighted by atomic mass is 32.2. The molecule has 0 radical (unpaired) electrons. The zero-order valence-corrected chi connectivity index (χ0v) is 30.6. The summed E-state index contributed by atoms with van der Waals surface area (Å²) in [5.41, 5.74) is -1.40. The summed E-state index contributed by atoms with van der Waals surface area (Å²) in [7, 11) is 2.01. The lowest BCUT2D eigenvalue weighted by Crippen LogP contribution is -2.47. The zero-order chi connectivity index (χ0) is 38.5. The molecule has 0 unspecified atom stereocenters. The first-order chi connectivity index (χ1) is 26.0. The van der Waals surface area contributed by atoms with E-state index < -0.39 is 46.7 Å². The highest BCUT2D eigenvalue weighted by Crippen LogP contribution is 2.42. The lowest BCUT2D eigenvalue weighted by molar-refractivity contribution is -0.147. The van der Waals surface area contributed by atoms with Gasteiger partial charge in [-0.25, -0.2) is 27.6 Å². The van der Waals surface area contributed by atoms with Gasteiger partial charge in [-0.3, -0.25) is 9.69 Å². The number of carbonyl (C=O) groups is 2. The number of allylic oxidation sites excluding steroid dienone is 2. The summed E-state index contributed by atoms with van der Waals surface area (Å²) < 4.78 is 73.6. The Morgan fingerprint density at radius 3 is 2.50 bits per heavy atom. The molecule has 54 heavy (non-hydrogen) atoms. The lowest BCUT2D eigenvalue weighted by atomic mass is 9.89. The van der Waals surface area contributed by atoms with E-state index in [1.165, 1.54) is 47.3 Å². The van der Waals surface area contributed by atoms with Gasteiger partial charge in [0.25, 0.3) is 0 Å². The quantitative estimate of drug-likeness (QED) is 0.122. The van der Waals surface area contributed by atoms with Crippen LogP contribution in [0.15, 0.2) is 67.3 Å². The SMILES string of the molecule is C[C@@H](S[C@H]1CO[C@H](/C=C/C=C/c2ccc(C#N)cc2F)OC1)[C@@](Cn1cncn1)(OC(=O)OCCOC(=O)CN1CCN(C)CC1)c1ccc(F)cc1F. The number of esters is 1. The summed E-state index contributed by atoms with van der Waals surface area (Å²) in [4.78, 5) is 33.8. The van der Waals surface area contributed by atoms with E-state index in [9.17, 15) is 18.4 Å². The van der Waals surface area contributed by atoms with Crippen molar-refractivity contribution < 1.29 is 46.4 Å². The molecule has 1 aromatic heterocycles. The molecule has 0 spiro atoms. The van der Waals surface area contributed by atoms with Crippen molar-refractivity contribution in [3.8, 4) is 6.07 Å². The highest BCUT2D eigenvalue weighted by molar-refractivity contribution is 8.00. The minimum atomic E-state index is -1.81. The van der Waals surface area contributed by atoms with Gasteiger partial charge in [-0.05, 0) is 44.3 Å². The molecule has 0 amide bonds. The minimum Gasteiger partial charge on any atom is -0.461 e. The Morgan fingerprint density at radius 1 is 1.06 bits per heavy atom. The first-order valence-corrected chi connectivity index (χ1v) is 18.1. The van der Waals surface area contributed by atoms with Crippen molar-refractivity contribution in [1.29, 1.82) is 5.26 Å². The molecule has 17 heteroatoms. The molecule has 2 fully saturated rings. The van der Waals surface area contributed by atoms with Gasteiger partial charge in [-0.1, -0.05) is 24.3 Å². The molecule has 0 N–H and O–H groups in total. The molecular formula is C37H41F3N6O7S. The molecule has 13 nitrogen and oxygen atoms in total. The second-order valence-corrected chi connectivity index (χ2v) is 14.3. The Kier molecular flexibility index (Phi) is 14.6. The number of thioether (sulfide) groups is 1. The fourth-order valence-electron chi connectivity index (χ4n) is 5.82. The van der Waals surface area contributed by atoms with Crippen molar-refractivity contribution >= 4 is 30.0 Å². The monoisotopic (exact) mass is 770 g/mol. The maximum Gasteiger partial charge on any atom is 0.509 e. The number of aromatic nitrogens is 3. The van der Waals surface area contributed by atoms with Gasteiger partial charge in [0.05, 0.1) is 43.2 Å². The fraction of sp³-hybridized carbons (Fsp3) is 0.432. The van der Waals surface area contributed by atoms with E-state index in [1.807, 2.05) is 18.0 Å². The molecule has 0 aliphatic carbocycles. The van der Waals surface area contributed by atoms with Crippen LogP contribution in [0.3, 0.4) is 0 Å². The van der Waals surface area contributed by atoms with Crippen molar-refractivity contribution in [3.05, 3.63) is 101 Å². The number of benzene rings is 2. The highest BCUT2D eigenvalue weighted by Gasteiger charge is 2.47. The number of hydrogen-bond donors (Lipinski definition) is 0. The van der Waals surface area contributed by atoms with Gasteiger partial charge in [0, 0.05) is 48.6 Å². The number of nitriles is 1. The third-order valence-corrected chi connectivity index (χ3v) is 10.2. The third kappa shape index (κ3) is 11.4. The molecule has 2 saturated heterocycles. The van der Waals surface area contributed by atoms with E-state index in [0.29, 0.717) is 11.6 Å². The predicted octanol–water partition coefficient (Wildman–Crippen LogP) is 4.54. The van der Waals surface area contributed by atoms with Crippen LogP contribution in [0, 0.1) is 28.8 Å². The number of likely N-dealkylation sites (N-methyl/N-ethyl adjacent to an activating group) is 1. The number of rotatable bonds is 15. The van der Waals surface area contributed by atoms with E-state index >= 15 is 4.39 Å². The molecule has 2 aliphatic heterocycles. The summed E-state index contributed by atoms with van der Waals surface area (Å²) in [5, 5.41) is 12.0. The summed E-state index contributed by atoms with van der Waals surface area (Å²) in [6, 6.07) is 9.05. The van der Waals surface area contributed by atoms with Crippen molar-refractivity contribution in [2.24, 2.45) is 0 Å². The molecule has 0 saturated carbocycles. The van der Waals surface area contributed by atoms with Crippen LogP contribution in [-0.4, -0.2) is 120 Å². The summed E-state index contributed by atoms with van der Waals surface area (Å²) >= 11 is 1.30. The average Bonchev–Trinajstić information content (AvgIpc) is 3.66. The number of ether oxygens (including phenoxy) is 5. The maximum atomic E-state index is 15.6. The molecule has 2 aromatic carbocycles. The predicted molar refractivity (Wildman–Crippen MR) is 191 cm³/mol. The number of halogens is 3. The van der Waals surface area contributed by atoms with E-state index in [-0.39, 0.29) is 55.9 Å². The van der Waals surface area contributed by atoms with Gasteiger partial charge in [-0.15, -0.1) is 11.8 Å². The van der Waals surface area contributed by atoms with Crippen LogP contribution in [0.5, 0.6) is 0 Å². The summed E-state index contributed by atoms with van der Waals surface area (Å²) in [6.07, 6.45) is 7.22.